The molecule has 1 N–H and O–H groups in total. The van der Waals surface area contributed by atoms with E-state index in [1.165, 1.54) is 45.0 Å². The number of anilines is 1. The van der Waals surface area contributed by atoms with Crippen LogP contribution in [-0.2, 0) is 24.3 Å². The summed E-state index contributed by atoms with van der Waals surface area (Å²) in [6.07, 6.45) is 5.01. The number of nitrogens with one attached hydrogen (secondary N) is 1. The second kappa shape index (κ2) is 12.1. The molecule has 1 unspecified atom stereocenters. The van der Waals surface area contributed by atoms with Crippen LogP contribution in [0.3, 0.4) is 0 Å². The molecular formula is C32H36N6O2S3. The molecule has 1 atom stereocenters. The zero-order chi connectivity index (χ0) is 29.5. The molecule has 2 aliphatic heterocycles. The molecular weight excluding hydrogens is 597 g/mol. The maximum Gasteiger partial charge on any atom is 0.241 e. The van der Waals surface area contributed by atoms with Crippen molar-refractivity contribution in [3.05, 3.63) is 75.7 Å². The fourth-order valence-electron chi connectivity index (χ4n) is 5.72. The van der Waals surface area contributed by atoms with Crippen LogP contribution in [0.5, 0.6) is 11.5 Å². The summed E-state index contributed by atoms with van der Waals surface area (Å²) in [4.78, 5) is 3.75. The third kappa shape index (κ3) is 5.74. The second-order valence-electron chi connectivity index (χ2n) is 11.5. The number of hydrogen-bond acceptors (Lipinski definition) is 10. The van der Waals surface area contributed by atoms with E-state index in [2.05, 4.69) is 39.2 Å². The van der Waals surface area contributed by atoms with E-state index >= 15 is 0 Å². The lowest BCUT2D eigenvalue weighted by atomic mass is 9.94. The predicted molar refractivity (Wildman–Crippen MR) is 177 cm³/mol. The summed E-state index contributed by atoms with van der Waals surface area (Å²) >= 11 is 5.36. The van der Waals surface area contributed by atoms with Crippen LogP contribution >= 0.6 is 34.9 Å². The SMILES string of the molecule is CC(C)Oc1ccc(CSC2=NNC3c4c(sc5c4CCCC5)-n4c(SCc5ccc(OC(C)C)cc5)nnc4N23)cc1. The Balaban J connectivity index is 1.15. The van der Waals surface area contributed by atoms with E-state index < -0.39 is 0 Å². The minimum Gasteiger partial charge on any atom is -0.491 e. The predicted octanol–water partition coefficient (Wildman–Crippen LogP) is 7.70. The summed E-state index contributed by atoms with van der Waals surface area (Å²) in [5.74, 6) is 4.22. The summed E-state index contributed by atoms with van der Waals surface area (Å²) in [7, 11) is 0. The van der Waals surface area contributed by atoms with Crippen molar-refractivity contribution in [2.45, 2.75) is 88.4 Å². The number of hydrogen-bond donors (Lipinski definition) is 1. The molecule has 11 heteroatoms. The number of nitrogens with zero attached hydrogens (tertiary/aromatic N) is 5. The number of thioether (sulfide) groups is 2. The number of amidine groups is 1. The van der Waals surface area contributed by atoms with Crippen LogP contribution in [0.25, 0.3) is 5.00 Å². The third-order valence-corrected chi connectivity index (χ3v) is 10.9. The highest BCUT2D eigenvalue weighted by Gasteiger charge is 2.44. The van der Waals surface area contributed by atoms with Gasteiger partial charge in [-0.1, -0.05) is 47.8 Å². The highest BCUT2D eigenvalue weighted by molar-refractivity contribution is 8.13. The summed E-state index contributed by atoms with van der Waals surface area (Å²) < 4.78 is 13.9. The summed E-state index contributed by atoms with van der Waals surface area (Å²) in [5.41, 5.74) is 8.76. The van der Waals surface area contributed by atoms with Gasteiger partial charge in [0.1, 0.15) is 16.5 Å². The van der Waals surface area contributed by atoms with E-state index in [-0.39, 0.29) is 18.4 Å². The number of aromatic nitrogens is 3. The van der Waals surface area contributed by atoms with Gasteiger partial charge in [0.15, 0.2) is 16.5 Å². The topological polar surface area (TPSA) is 76.8 Å². The van der Waals surface area contributed by atoms with Crippen LogP contribution in [0, 0.1) is 0 Å². The molecule has 2 aromatic carbocycles. The minimum absolute atomic E-state index is 0.0551. The van der Waals surface area contributed by atoms with E-state index in [1.807, 2.05) is 63.3 Å². The standard InChI is InChI=1S/C32H36N6O2S3/c1-19(2)39-23-13-9-21(10-14-23)17-41-31-35-33-28-27-25-7-5-6-8-26(25)43-29(27)38-30(37(28)31)34-36-32(38)42-18-22-11-15-24(16-12-22)40-20(3)4/h9-16,19-20,28,33H,5-8,17-18H2,1-4H3. The smallest absolute Gasteiger partial charge is 0.241 e. The Morgan fingerprint density at radius 1 is 0.860 bits per heavy atom. The highest BCUT2D eigenvalue weighted by Crippen LogP contribution is 2.49. The van der Waals surface area contributed by atoms with Crippen molar-refractivity contribution in [1.82, 2.24) is 20.2 Å². The maximum atomic E-state index is 5.83. The zero-order valence-electron chi connectivity index (χ0n) is 24.9. The van der Waals surface area contributed by atoms with Gasteiger partial charge in [0.05, 0.1) is 12.2 Å². The molecule has 43 heavy (non-hydrogen) atoms. The average Bonchev–Trinajstić information content (AvgIpc) is 3.70. The van der Waals surface area contributed by atoms with Crippen LogP contribution in [0.1, 0.15) is 73.8 Å². The largest absolute Gasteiger partial charge is 0.491 e. The molecule has 3 aliphatic rings. The first-order valence-corrected chi connectivity index (χ1v) is 17.7. The van der Waals surface area contributed by atoms with Crippen molar-refractivity contribution in [2.24, 2.45) is 5.10 Å². The highest BCUT2D eigenvalue weighted by atomic mass is 32.2. The van der Waals surface area contributed by atoms with Crippen molar-refractivity contribution in [2.75, 3.05) is 4.90 Å². The minimum atomic E-state index is -0.0551. The van der Waals surface area contributed by atoms with E-state index in [9.17, 15) is 0 Å². The fourth-order valence-corrected chi connectivity index (χ4v) is 9.01. The lowest BCUT2D eigenvalue weighted by Crippen LogP contribution is -2.38. The van der Waals surface area contributed by atoms with Gasteiger partial charge in [-0.3, -0.25) is 10.3 Å². The van der Waals surface area contributed by atoms with E-state index in [1.54, 1.807) is 23.5 Å². The lowest BCUT2D eigenvalue weighted by molar-refractivity contribution is 0.242. The third-order valence-electron chi connectivity index (χ3n) is 7.57. The molecule has 0 spiro atoms. The van der Waals surface area contributed by atoms with Gasteiger partial charge in [-0.05, 0) is 94.3 Å². The van der Waals surface area contributed by atoms with E-state index in [0.29, 0.717) is 0 Å². The molecule has 0 bridgehead atoms. The van der Waals surface area contributed by atoms with E-state index in [4.69, 9.17) is 24.8 Å². The number of fused-ring (bicyclic) bond motifs is 8. The Morgan fingerprint density at radius 3 is 2.14 bits per heavy atom. The van der Waals surface area contributed by atoms with Crippen LogP contribution in [-0.4, -0.2) is 32.1 Å². The fraction of sp³-hybridized carbons (Fsp3) is 0.406. The van der Waals surface area contributed by atoms with Gasteiger partial charge < -0.3 is 9.47 Å². The monoisotopic (exact) mass is 632 g/mol. The lowest BCUT2D eigenvalue weighted by Gasteiger charge is -2.32. The van der Waals surface area contributed by atoms with Crippen molar-refractivity contribution < 1.29 is 9.47 Å². The van der Waals surface area contributed by atoms with Gasteiger partial charge >= 0.3 is 0 Å². The van der Waals surface area contributed by atoms with Gasteiger partial charge in [-0.25, -0.2) is 4.57 Å². The first kappa shape index (κ1) is 28.6. The van der Waals surface area contributed by atoms with Crippen molar-refractivity contribution in [1.29, 1.82) is 0 Å². The zero-order valence-corrected chi connectivity index (χ0v) is 27.3. The molecule has 0 amide bonds. The van der Waals surface area contributed by atoms with Gasteiger partial charge in [-0.15, -0.1) is 21.5 Å². The number of rotatable bonds is 9. The van der Waals surface area contributed by atoms with Crippen molar-refractivity contribution in [3.8, 4) is 16.5 Å². The quantitative estimate of drug-likeness (QED) is 0.188. The molecule has 4 heterocycles. The normalized spacial score (nSPS) is 16.8. The average molecular weight is 633 g/mol. The second-order valence-corrected chi connectivity index (χ2v) is 14.5. The Kier molecular flexibility index (Phi) is 8.04. The Morgan fingerprint density at radius 2 is 1.49 bits per heavy atom. The van der Waals surface area contributed by atoms with Crippen LogP contribution in [0.15, 0.2) is 58.8 Å². The van der Waals surface area contributed by atoms with Crippen LogP contribution in [0.2, 0.25) is 0 Å². The number of thiophene rings is 1. The molecule has 224 valence electrons. The molecule has 0 saturated carbocycles. The Hall–Kier alpha value is -3.15. The summed E-state index contributed by atoms with van der Waals surface area (Å²) in [6.45, 7) is 8.18. The van der Waals surface area contributed by atoms with Gasteiger partial charge in [0, 0.05) is 21.9 Å². The van der Waals surface area contributed by atoms with Gasteiger partial charge in [0.2, 0.25) is 5.95 Å². The van der Waals surface area contributed by atoms with Crippen LogP contribution in [0.4, 0.5) is 5.95 Å². The van der Waals surface area contributed by atoms with Crippen LogP contribution < -0.4 is 19.8 Å². The number of benzene rings is 2. The Labute approximate surface area is 265 Å². The van der Waals surface area contributed by atoms with E-state index in [0.717, 1.165) is 52.1 Å². The first-order chi connectivity index (χ1) is 20.9. The summed E-state index contributed by atoms with van der Waals surface area (Å²) in [5, 5.41) is 17.4. The molecule has 8 nitrogen and oxygen atoms in total. The maximum absolute atomic E-state index is 5.83. The van der Waals surface area contributed by atoms with Gasteiger partial charge in [-0.2, -0.15) is 5.10 Å². The number of hydrazone groups is 1. The molecule has 2 aromatic heterocycles. The molecule has 0 saturated heterocycles. The van der Waals surface area contributed by atoms with Crippen molar-refractivity contribution in [3.63, 3.8) is 0 Å². The molecule has 0 fully saturated rings. The molecule has 4 aromatic rings. The molecule has 1 aliphatic carbocycles. The number of aryl methyl sites for hydroxylation is 1. The Bertz CT molecular complexity index is 1630. The van der Waals surface area contributed by atoms with Crippen molar-refractivity contribution >= 4 is 46.0 Å². The molecule has 0 radical (unpaired) electrons. The summed E-state index contributed by atoms with van der Waals surface area (Å²) in [6, 6.07) is 16.7. The molecule has 7 rings (SSSR count). The first-order valence-electron chi connectivity index (χ1n) is 14.9. The van der Waals surface area contributed by atoms with Gasteiger partial charge in [0.25, 0.3) is 0 Å². The number of ether oxygens (including phenoxy) is 2.